The average Bonchev–Trinajstić information content (AvgIpc) is 2.66. The van der Waals surface area contributed by atoms with Crippen LogP contribution in [-0.2, 0) is 3.78 Å². The number of hydrogen-bond acceptors (Lipinski definition) is 1. The monoisotopic (exact) mass is 234 g/mol. The molecule has 1 N–H and O–H groups in total. The summed E-state index contributed by atoms with van der Waals surface area (Å²) in [6.45, 7) is 0. The fourth-order valence-corrected chi connectivity index (χ4v) is 2.10. The Balaban J connectivity index is 2.26. The second-order valence-electron chi connectivity index (χ2n) is 2.86. The summed E-state index contributed by atoms with van der Waals surface area (Å²) in [6.07, 6.45) is 4.18. The summed E-state index contributed by atoms with van der Waals surface area (Å²) >= 11 is 9.71. The predicted octanol–water partition coefficient (Wildman–Crippen LogP) is 2.61. The highest BCUT2D eigenvalue weighted by Gasteiger charge is 2.44. The SMILES string of the molecule is ClC(Br)(c1cc[nH]n1)C1CC1. The van der Waals surface area contributed by atoms with E-state index in [1.165, 1.54) is 12.8 Å². The lowest BCUT2D eigenvalue weighted by atomic mass is 10.2. The zero-order valence-electron chi connectivity index (χ0n) is 5.85. The van der Waals surface area contributed by atoms with Gasteiger partial charge in [0, 0.05) is 6.20 Å². The van der Waals surface area contributed by atoms with Gasteiger partial charge in [0.25, 0.3) is 0 Å². The Hall–Kier alpha value is -0.0200. The lowest BCUT2D eigenvalue weighted by Gasteiger charge is -2.15. The summed E-state index contributed by atoms with van der Waals surface area (Å²) in [5, 5.41) is 6.80. The fraction of sp³-hybridized carbons (Fsp3) is 0.571. The maximum absolute atomic E-state index is 6.23. The molecule has 2 nitrogen and oxygen atoms in total. The highest BCUT2D eigenvalue weighted by molar-refractivity contribution is 9.10. The van der Waals surface area contributed by atoms with E-state index >= 15 is 0 Å². The first-order chi connectivity index (χ1) is 5.21. The van der Waals surface area contributed by atoms with Gasteiger partial charge in [0.05, 0.1) is 5.69 Å². The van der Waals surface area contributed by atoms with Gasteiger partial charge in [-0.2, -0.15) is 5.10 Å². The first-order valence-electron chi connectivity index (χ1n) is 3.59. The van der Waals surface area contributed by atoms with Crippen LogP contribution in [0, 0.1) is 5.92 Å². The zero-order chi connectivity index (χ0) is 7.90. The van der Waals surface area contributed by atoms with Crippen LogP contribution in [0.1, 0.15) is 18.5 Å². The molecule has 1 aliphatic carbocycles. The van der Waals surface area contributed by atoms with Crippen LogP contribution in [0.15, 0.2) is 12.3 Å². The lowest BCUT2D eigenvalue weighted by Crippen LogP contribution is -2.12. The Bertz CT molecular complexity index is 241. The highest BCUT2D eigenvalue weighted by atomic mass is 79.9. The van der Waals surface area contributed by atoms with Crippen molar-refractivity contribution in [2.75, 3.05) is 0 Å². The largest absolute Gasteiger partial charge is 0.285 e. The van der Waals surface area contributed by atoms with Crippen molar-refractivity contribution in [2.45, 2.75) is 16.6 Å². The number of hydrogen-bond donors (Lipinski definition) is 1. The first kappa shape index (κ1) is 7.62. The van der Waals surface area contributed by atoms with Crippen LogP contribution in [0.3, 0.4) is 0 Å². The molecule has 11 heavy (non-hydrogen) atoms. The number of H-pyrrole nitrogens is 1. The maximum atomic E-state index is 6.23. The molecule has 0 radical (unpaired) electrons. The van der Waals surface area contributed by atoms with Crippen LogP contribution in [0.4, 0.5) is 0 Å². The molecule has 60 valence electrons. The standard InChI is InChI=1S/C7H8BrClN2/c8-7(9,5-1-2-5)6-3-4-10-11-6/h3-5H,1-2H2,(H,10,11). The van der Waals surface area contributed by atoms with Gasteiger partial charge in [-0.15, -0.1) is 0 Å². The molecule has 1 fully saturated rings. The van der Waals surface area contributed by atoms with Crippen LogP contribution in [0.25, 0.3) is 0 Å². The van der Waals surface area contributed by atoms with Gasteiger partial charge in [-0.3, -0.25) is 5.10 Å². The Morgan fingerprint density at radius 1 is 1.73 bits per heavy atom. The van der Waals surface area contributed by atoms with Crippen molar-refractivity contribution in [2.24, 2.45) is 5.92 Å². The molecule has 0 amide bonds. The van der Waals surface area contributed by atoms with Crippen molar-refractivity contribution < 1.29 is 0 Å². The number of halogens is 2. The molecule has 2 rings (SSSR count). The van der Waals surface area contributed by atoms with Crippen molar-refractivity contribution in [3.63, 3.8) is 0 Å². The zero-order valence-corrected chi connectivity index (χ0v) is 8.19. The van der Waals surface area contributed by atoms with Gasteiger partial charge in [0.2, 0.25) is 0 Å². The van der Waals surface area contributed by atoms with E-state index in [2.05, 4.69) is 26.1 Å². The second kappa shape index (κ2) is 2.49. The molecule has 0 aliphatic heterocycles. The maximum Gasteiger partial charge on any atom is 0.145 e. The molecule has 0 saturated heterocycles. The molecule has 1 atom stereocenters. The van der Waals surface area contributed by atoms with Gasteiger partial charge >= 0.3 is 0 Å². The number of alkyl halides is 2. The van der Waals surface area contributed by atoms with E-state index in [9.17, 15) is 0 Å². The molecule has 0 spiro atoms. The van der Waals surface area contributed by atoms with E-state index in [1.54, 1.807) is 6.20 Å². The van der Waals surface area contributed by atoms with Crippen molar-refractivity contribution in [1.29, 1.82) is 0 Å². The molecule has 4 heteroatoms. The van der Waals surface area contributed by atoms with E-state index in [-0.39, 0.29) is 0 Å². The van der Waals surface area contributed by atoms with Gasteiger partial charge in [0.15, 0.2) is 0 Å². The Morgan fingerprint density at radius 3 is 2.91 bits per heavy atom. The van der Waals surface area contributed by atoms with E-state index in [0.717, 1.165) is 5.69 Å². The third-order valence-corrected chi connectivity index (χ3v) is 3.49. The summed E-state index contributed by atoms with van der Waals surface area (Å²) in [6, 6.07) is 1.90. The molecular formula is C7H8BrClN2. The first-order valence-corrected chi connectivity index (χ1v) is 4.76. The summed E-state index contributed by atoms with van der Waals surface area (Å²) in [7, 11) is 0. The smallest absolute Gasteiger partial charge is 0.145 e. The van der Waals surface area contributed by atoms with Gasteiger partial charge in [-0.1, -0.05) is 27.5 Å². The Morgan fingerprint density at radius 2 is 2.45 bits per heavy atom. The molecule has 0 bridgehead atoms. The molecule has 1 saturated carbocycles. The fourth-order valence-electron chi connectivity index (χ4n) is 1.10. The van der Waals surface area contributed by atoms with Gasteiger partial charge in [0.1, 0.15) is 3.78 Å². The molecule has 1 aromatic heterocycles. The number of nitrogens with zero attached hydrogens (tertiary/aromatic N) is 1. The minimum Gasteiger partial charge on any atom is -0.285 e. The summed E-state index contributed by atoms with van der Waals surface area (Å²) in [5.74, 6) is 0.549. The summed E-state index contributed by atoms with van der Waals surface area (Å²) in [5.41, 5.74) is 0.890. The van der Waals surface area contributed by atoms with E-state index < -0.39 is 3.78 Å². The highest BCUT2D eigenvalue weighted by Crippen LogP contribution is 2.53. The van der Waals surface area contributed by atoms with Crippen molar-refractivity contribution in [1.82, 2.24) is 10.2 Å². The van der Waals surface area contributed by atoms with Gasteiger partial charge < -0.3 is 0 Å². The van der Waals surface area contributed by atoms with E-state index in [1.807, 2.05) is 6.07 Å². The van der Waals surface area contributed by atoms with Gasteiger partial charge in [-0.05, 0) is 24.8 Å². The van der Waals surface area contributed by atoms with E-state index in [4.69, 9.17) is 11.6 Å². The number of nitrogens with one attached hydrogen (secondary N) is 1. The Kier molecular flexibility index (Phi) is 1.72. The van der Waals surface area contributed by atoms with Crippen molar-refractivity contribution in [3.8, 4) is 0 Å². The molecule has 1 aromatic rings. The number of aromatic nitrogens is 2. The molecular weight excluding hydrogens is 227 g/mol. The summed E-state index contributed by atoms with van der Waals surface area (Å²) in [4.78, 5) is 0. The minimum absolute atomic E-state index is 0.424. The van der Waals surface area contributed by atoms with Gasteiger partial charge in [-0.25, -0.2) is 0 Å². The topological polar surface area (TPSA) is 28.7 Å². The van der Waals surface area contributed by atoms with Crippen molar-refractivity contribution >= 4 is 27.5 Å². The number of rotatable bonds is 2. The third kappa shape index (κ3) is 1.32. The Labute approximate surface area is 78.5 Å². The predicted molar refractivity (Wildman–Crippen MR) is 47.8 cm³/mol. The third-order valence-electron chi connectivity index (χ3n) is 1.93. The van der Waals surface area contributed by atoms with E-state index in [0.29, 0.717) is 5.92 Å². The van der Waals surface area contributed by atoms with Crippen LogP contribution >= 0.6 is 27.5 Å². The normalized spacial score (nSPS) is 23.1. The van der Waals surface area contributed by atoms with Crippen LogP contribution in [-0.4, -0.2) is 10.2 Å². The minimum atomic E-state index is -0.424. The molecule has 1 heterocycles. The molecule has 1 unspecified atom stereocenters. The lowest BCUT2D eigenvalue weighted by molar-refractivity contribution is 0.722. The number of aromatic amines is 1. The van der Waals surface area contributed by atoms with Crippen LogP contribution in [0.5, 0.6) is 0 Å². The molecule has 1 aliphatic rings. The van der Waals surface area contributed by atoms with Crippen LogP contribution in [0.2, 0.25) is 0 Å². The quantitative estimate of drug-likeness (QED) is 0.784. The molecule has 0 aromatic carbocycles. The van der Waals surface area contributed by atoms with Crippen molar-refractivity contribution in [3.05, 3.63) is 18.0 Å². The average molecular weight is 236 g/mol. The van der Waals surface area contributed by atoms with Crippen LogP contribution < -0.4 is 0 Å². The summed E-state index contributed by atoms with van der Waals surface area (Å²) < 4.78 is -0.424. The second-order valence-corrected chi connectivity index (χ2v) is 5.16.